The van der Waals surface area contributed by atoms with Crippen LogP contribution < -0.4 is 5.73 Å². The lowest BCUT2D eigenvalue weighted by Gasteiger charge is -2.20. The zero-order valence-corrected chi connectivity index (χ0v) is 12.7. The Morgan fingerprint density at radius 2 is 2.05 bits per heavy atom. The Labute approximate surface area is 119 Å². The molecule has 1 heterocycles. The van der Waals surface area contributed by atoms with Crippen molar-refractivity contribution >= 4 is 11.8 Å². The highest BCUT2D eigenvalue weighted by Crippen LogP contribution is 2.38. The molecule has 2 unspecified atom stereocenters. The molecule has 2 aromatic rings. The van der Waals surface area contributed by atoms with Gasteiger partial charge in [-0.05, 0) is 32.4 Å². The molecule has 1 aromatic heterocycles. The summed E-state index contributed by atoms with van der Waals surface area (Å²) in [4.78, 5) is 1.30. The minimum atomic E-state index is 0.0779. The van der Waals surface area contributed by atoms with E-state index in [0.29, 0.717) is 0 Å². The Bertz CT molecular complexity index is 560. The molecule has 3 nitrogen and oxygen atoms in total. The number of nitrogens with zero attached hydrogens (tertiary/aromatic N) is 2. The number of thioether (sulfide) groups is 1. The van der Waals surface area contributed by atoms with Gasteiger partial charge in [0.2, 0.25) is 0 Å². The second-order valence-electron chi connectivity index (χ2n) is 5.11. The highest BCUT2D eigenvalue weighted by molar-refractivity contribution is 7.99. The minimum Gasteiger partial charge on any atom is -0.327 e. The first-order chi connectivity index (χ1) is 8.97. The van der Waals surface area contributed by atoms with Gasteiger partial charge in [-0.15, -0.1) is 11.8 Å². The fourth-order valence-electron chi connectivity index (χ4n) is 2.04. The van der Waals surface area contributed by atoms with Gasteiger partial charge in [0.1, 0.15) is 0 Å². The standard InChI is InChI=1S/C15H21N3S/c1-10-5-6-11(2)14(7-10)19-15(12(3)16)13-8-17-18(4)9-13/h5-9,12,15H,16H2,1-4H3. The zero-order chi connectivity index (χ0) is 14.0. The number of benzene rings is 1. The summed E-state index contributed by atoms with van der Waals surface area (Å²) in [7, 11) is 1.93. The smallest absolute Gasteiger partial charge is 0.0533 e. The number of aromatic nitrogens is 2. The van der Waals surface area contributed by atoms with Crippen molar-refractivity contribution in [3.63, 3.8) is 0 Å². The van der Waals surface area contributed by atoms with Crippen LogP contribution in [0.5, 0.6) is 0 Å². The van der Waals surface area contributed by atoms with Gasteiger partial charge in [0.15, 0.2) is 0 Å². The van der Waals surface area contributed by atoms with E-state index in [1.807, 2.05) is 35.9 Å². The maximum absolute atomic E-state index is 6.16. The summed E-state index contributed by atoms with van der Waals surface area (Å²) in [5.74, 6) is 0. The third kappa shape index (κ3) is 3.39. The molecule has 2 N–H and O–H groups in total. The van der Waals surface area contributed by atoms with Crippen molar-refractivity contribution in [2.75, 3.05) is 0 Å². The highest BCUT2D eigenvalue weighted by atomic mass is 32.2. The van der Waals surface area contributed by atoms with Gasteiger partial charge >= 0.3 is 0 Å². The molecule has 19 heavy (non-hydrogen) atoms. The zero-order valence-electron chi connectivity index (χ0n) is 11.9. The second-order valence-corrected chi connectivity index (χ2v) is 6.30. The lowest BCUT2D eigenvalue weighted by Crippen LogP contribution is -2.22. The maximum atomic E-state index is 6.16. The summed E-state index contributed by atoms with van der Waals surface area (Å²) < 4.78 is 1.83. The van der Waals surface area contributed by atoms with E-state index in [2.05, 4.69) is 44.1 Å². The number of nitrogens with two attached hydrogens (primary N) is 1. The van der Waals surface area contributed by atoms with Crippen LogP contribution in [-0.4, -0.2) is 15.8 Å². The van der Waals surface area contributed by atoms with Gasteiger partial charge < -0.3 is 5.73 Å². The van der Waals surface area contributed by atoms with Crippen molar-refractivity contribution < 1.29 is 0 Å². The predicted octanol–water partition coefficient (Wildman–Crippen LogP) is 3.22. The minimum absolute atomic E-state index is 0.0779. The predicted molar refractivity (Wildman–Crippen MR) is 81.4 cm³/mol. The Balaban J connectivity index is 2.29. The molecule has 4 heteroatoms. The topological polar surface area (TPSA) is 43.8 Å². The van der Waals surface area contributed by atoms with E-state index < -0.39 is 0 Å². The van der Waals surface area contributed by atoms with Crippen molar-refractivity contribution in [2.45, 2.75) is 37.0 Å². The van der Waals surface area contributed by atoms with E-state index in [1.165, 1.54) is 21.6 Å². The summed E-state index contributed by atoms with van der Waals surface area (Å²) >= 11 is 1.83. The van der Waals surface area contributed by atoms with Gasteiger partial charge in [0, 0.05) is 29.7 Å². The van der Waals surface area contributed by atoms with E-state index in [1.54, 1.807) is 0 Å². The number of aryl methyl sites for hydroxylation is 3. The van der Waals surface area contributed by atoms with E-state index in [-0.39, 0.29) is 11.3 Å². The van der Waals surface area contributed by atoms with Crippen molar-refractivity contribution in [2.24, 2.45) is 12.8 Å². The highest BCUT2D eigenvalue weighted by Gasteiger charge is 2.20. The third-order valence-corrected chi connectivity index (χ3v) is 4.78. The van der Waals surface area contributed by atoms with Crippen LogP contribution in [0.15, 0.2) is 35.5 Å². The van der Waals surface area contributed by atoms with Gasteiger partial charge in [0.05, 0.1) is 11.4 Å². The molecule has 0 saturated carbocycles. The fourth-order valence-corrected chi connectivity index (χ4v) is 3.29. The first-order valence-corrected chi connectivity index (χ1v) is 7.33. The molecule has 0 aliphatic carbocycles. The lowest BCUT2D eigenvalue weighted by molar-refractivity contribution is 0.718. The van der Waals surface area contributed by atoms with Crippen molar-refractivity contribution in [1.82, 2.24) is 9.78 Å². The average Bonchev–Trinajstić information content (AvgIpc) is 2.76. The van der Waals surface area contributed by atoms with Crippen molar-refractivity contribution in [3.8, 4) is 0 Å². The SMILES string of the molecule is Cc1ccc(C)c(SC(c2cnn(C)c2)C(C)N)c1. The number of hydrogen-bond acceptors (Lipinski definition) is 3. The molecule has 0 aliphatic heterocycles. The quantitative estimate of drug-likeness (QED) is 0.871. The Kier molecular flexibility index (Phi) is 4.32. The summed E-state index contributed by atoms with van der Waals surface area (Å²) in [6.45, 7) is 6.31. The maximum Gasteiger partial charge on any atom is 0.0533 e. The molecule has 0 radical (unpaired) electrons. The summed E-state index contributed by atoms with van der Waals surface area (Å²) in [5, 5.41) is 4.48. The van der Waals surface area contributed by atoms with Gasteiger partial charge in [0.25, 0.3) is 0 Å². The third-order valence-electron chi connectivity index (χ3n) is 3.13. The molecule has 102 valence electrons. The monoisotopic (exact) mass is 275 g/mol. The van der Waals surface area contributed by atoms with E-state index in [9.17, 15) is 0 Å². The molecule has 0 amide bonds. The Morgan fingerprint density at radius 3 is 2.63 bits per heavy atom. The molecular weight excluding hydrogens is 254 g/mol. The van der Waals surface area contributed by atoms with Crippen LogP contribution in [0.1, 0.15) is 28.9 Å². The molecule has 2 atom stereocenters. The molecular formula is C15H21N3S. The number of hydrogen-bond donors (Lipinski definition) is 1. The van der Waals surface area contributed by atoms with Gasteiger partial charge in [-0.3, -0.25) is 4.68 Å². The Hall–Kier alpha value is -1.26. The van der Waals surface area contributed by atoms with Crippen LogP contribution in [0.25, 0.3) is 0 Å². The fraction of sp³-hybridized carbons (Fsp3) is 0.400. The van der Waals surface area contributed by atoms with Gasteiger partial charge in [-0.2, -0.15) is 5.10 Å². The van der Waals surface area contributed by atoms with E-state index >= 15 is 0 Å². The van der Waals surface area contributed by atoms with Gasteiger partial charge in [-0.25, -0.2) is 0 Å². The van der Waals surface area contributed by atoms with Crippen molar-refractivity contribution in [1.29, 1.82) is 0 Å². The van der Waals surface area contributed by atoms with Crippen LogP contribution in [0, 0.1) is 13.8 Å². The molecule has 0 aliphatic rings. The van der Waals surface area contributed by atoms with Crippen LogP contribution in [0.4, 0.5) is 0 Å². The van der Waals surface area contributed by atoms with Crippen molar-refractivity contribution in [3.05, 3.63) is 47.3 Å². The average molecular weight is 275 g/mol. The van der Waals surface area contributed by atoms with Crippen LogP contribution >= 0.6 is 11.8 Å². The Morgan fingerprint density at radius 1 is 1.32 bits per heavy atom. The molecule has 0 bridgehead atoms. The first-order valence-electron chi connectivity index (χ1n) is 6.45. The summed E-state index contributed by atoms with van der Waals surface area (Å²) in [5.41, 5.74) is 9.92. The largest absolute Gasteiger partial charge is 0.327 e. The van der Waals surface area contributed by atoms with E-state index in [0.717, 1.165) is 0 Å². The van der Waals surface area contributed by atoms with Crippen LogP contribution in [0.3, 0.4) is 0 Å². The second kappa shape index (κ2) is 5.80. The molecule has 0 fully saturated rings. The lowest BCUT2D eigenvalue weighted by atomic mass is 10.1. The molecule has 0 saturated heterocycles. The van der Waals surface area contributed by atoms with Crippen LogP contribution in [0.2, 0.25) is 0 Å². The normalized spacial score (nSPS) is 14.4. The van der Waals surface area contributed by atoms with Crippen LogP contribution in [-0.2, 0) is 7.05 Å². The molecule has 0 spiro atoms. The molecule has 2 rings (SSSR count). The van der Waals surface area contributed by atoms with Gasteiger partial charge in [-0.1, -0.05) is 17.7 Å². The van der Waals surface area contributed by atoms with E-state index in [4.69, 9.17) is 5.73 Å². The first kappa shape index (κ1) is 14.2. The summed E-state index contributed by atoms with van der Waals surface area (Å²) in [6, 6.07) is 6.61. The number of rotatable bonds is 4. The molecule has 1 aromatic carbocycles. The summed E-state index contributed by atoms with van der Waals surface area (Å²) in [6.07, 6.45) is 3.96.